The van der Waals surface area contributed by atoms with Crippen LogP contribution in [0, 0.1) is 5.41 Å². The second-order valence-corrected chi connectivity index (χ2v) is 8.88. The maximum Gasteiger partial charge on any atom is 0.165 e. The minimum absolute atomic E-state index is 0.186. The van der Waals surface area contributed by atoms with E-state index in [1.54, 1.807) is 12.7 Å². The highest BCUT2D eigenvalue weighted by Gasteiger charge is 2.52. The Bertz CT molecular complexity index is 839. The normalized spacial score (nSPS) is 32.9. The van der Waals surface area contributed by atoms with Crippen LogP contribution in [0.1, 0.15) is 33.1 Å². The fraction of sp³-hybridized carbons (Fsp3) is 0.737. The maximum atomic E-state index is 10.7. The van der Waals surface area contributed by atoms with Gasteiger partial charge >= 0.3 is 0 Å². The molecule has 146 valence electrons. The zero-order valence-corrected chi connectivity index (χ0v) is 16.0. The molecule has 2 aromatic rings. The summed E-state index contributed by atoms with van der Waals surface area (Å²) >= 11 is 0. The first-order valence-corrected chi connectivity index (χ1v) is 9.81. The molecule has 0 radical (unpaired) electrons. The molecule has 1 N–H and O–H groups in total. The number of hydrogen-bond donors (Lipinski definition) is 1. The van der Waals surface area contributed by atoms with E-state index in [9.17, 15) is 5.11 Å². The lowest BCUT2D eigenvalue weighted by Crippen LogP contribution is -2.67. The van der Waals surface area contributed by atoms with Gasteiger partial charge in [0, 0.05) is 31.6 Å². The van der Waals surface area contributed by atoms with E-state index in [4.69, 9.17) is 9.47 Å². The van der Waals surface area contributed by atoms with Crippen molar-refractivity contribution in [2.24, 2.45) is 5.41 Å². The van der Waals surface area contributed by atoms with Gasteiger partial charge in [-0.2, -0.15) is 0 Å². The van der Waals surface area contributed by atoms with Crippen LogP contribution in [0.15, 0.2) is 12.7 Å². The molecule has 0 spiro atoms. The SMILES string of the molecule is CC1(C)CN(c2ncnc3c2ncn3CC2(O)CCOC2)C1C1CCCO1. The van der Waals surface area contributed by atoms with Gasteiger partial charge in [0.15, 0.2) is 17.0 Å². The van der Waals surface area contributed by atoms with Crippen LogP contribution < -0.4 is 4.90 Å². The van der Waals surface area contributed by atoms with Gasteiger partial charge in [0.25, 0.3) is 0 Å². The van der Waals surface area contributed by atoms with Gasteiger partial charge in [-0.15, -0.1) is 0 Å². The third-order valence-electron chi connectivity index (χ3n) is 6.23. The van der Waals surface area contributed by atoms with Gasteiger partial charge in [0.05, 0.1) is 31.6 Å². The van der Waals surface area contributed by atoms with E-state index in [-0.39, 0.29) is 11.5 Å². The van der Waals surface area contributed by atoms with Crippen molar-refractivity contribution in [1.82, 2.24) is 19.5 Å². The van der Waals surface area contributed by atoms with Gasteiger partial charge in [0.2, 0.25) is 0 Å². The summed E-state index contributed by atoms with van der Waals surface area (Å²) < 4.78 is 13.3. The molecule has 8 heteroatoms. The lowest BCUT2D eigenvalue weighted by molar-refractivity contribution is 0.0125. The Morgan fingerprint density at radius 2 is 2.15 bits per heavy atom. The smallest absolute Gasteiger partial charge is 0.165 e. The first-order valence-electron chi connectivity index (χ1n) is 9.81. The van der Waals surface area contributed by atoms with Gasteiger partial charge in [-0.1, -0.05) is 13.8 Å². The van der Waals surface area contributed by atoms with Crippen molar-refractivity contribution in [3.63, 3.8) is 0 Å². The molecule has 5 rings (SSSR count). The molecule has 3 aliphatic rings. The van der Waals surface area contributed by atoms with Crippen molar-refractivity contribution in [2.75, 3.05) is 31.3 Å². The summed E-state index contributed by atoms with van der Waals surface area (Å²) in [5.74, 6) is 0.869. The van der Waals surface area contributed by atoms with Crippen LogP contribution in [0.2, 0.25) is 0 Å². The molecule has 2 aromatic heterocycles. The molecule has 8 nitrogen and oxygen atoms in total. The number of aromatic nitrogens is 4. The number of nitrogens with zero attached hydrogens (tertiary/aromatic N) is 5. The van der Waals surface area contributed by atoms with Crippen LogP contribution >= 0.6 is 0 Å². The fourth-order valence-corrected chi connectivity index (χ4v) is 4.93. The number of imidazole rings is 1. The summed E-state index contributed by atoms with van der Waals surface area (Å²) in [4.78, 5) is 16.0. The molecule has 3 unspecified atom stereocenters. The quantitative estimate of drug-likeness (QED) is 0.866. The molecular weight excluding hydrogens is 346 g/mol. The Labute approximate surface area is 158 Å². The molecular formula is C19H27N5O3. The Kier molecular flexibility index (Phi) is 3.93. The average Bonchev–Trinajstić information content (AvgIpc) is 3.36. The zero-order chi connectivity index (χ0) is 18.6. The van der Waals surface area contributed by atoms with E-state index >= 15 is 0 Å². The number of anilines is 1. The summed E-state index contributed by atoms with van der Waals surface area (Å²) in [5, 5.41) is 10.7. The average molecular weight is 373 g/mol. The molecule has 0 aliphatic carbocycles. The fourth-order valence-electron chi connectivity index (χ4n) is 4.93. The third kappa shape index (κ3) is 2.81. The van der Waals surface area contributed by atoms with Crippen molar-refractivity contribution >= 4 is 17.0 Å². The van der Waals surface area contributed by atoms with Crippen LogP contribution in [0.5, 0.6) is 0 Å². The molecule has 3 atom stereocenters. The second-order valence-electron chi connectivity index (χ2n) is 8.88. The number of aliphatic hydroxyl groups is 1. The molecule has 3 fully saturated rings. The Balaban J connectivity index is 1.47. The molecule has 0 amide bonds. The van der Waals surface area contributed by atoms with E-state index < -0.39 is 5.60 Å². The third-order valence-corrected chi connectivity index (χ3v) is 6.23. The number of fused-ring (bicyclic) bond motifs is 1. The monoisotopic (exact) mass is 373 g/mol. The Hall–Kier alpha value is -1.77. The summed E-state index contributed by atoms with van der Waals surface area (Å²) in [5.41, 5.74) is 0.887. The van der Waals surface area contributed by atoms with Crippen LogP contribution in [-0.2, 0) is 16.0 Å². The first kappa shape index (κ1) is 17.3. The molecule has 3 saturated heterocycles. The van der Waals surface area contributed by atoms with Crippen molar-refractivity contribution in [3.8, 4) is 0 Å². The largest absolute Gasteiger partial charge is 0.386 e. The standard InChI is InChI=1S/C19H27N5O3/c1-18(2)8-24(15(18)13-4-3-6-27-13)17-14-16(20-11-21-17)23(12-22-14)9-19(25)5-7-26-10-19/h11-13,15,25H,3-10H2,1-2H3. The molecule has 5 heterocycles. The highest BCUT2D eigenvalue weighted by molar-refractivity contribution is 5.84. The highest BCUT2D eigenvalue weighted by Crippen LogP contribution is 2.45. The van der Waals surface area contributed by atoms with Crippen LogP contribution in [0.3, 0.4) is 0 Å². The van der Waals surface area contributed by atoms with Crippen molar-refractivity contribution < 1.29 is 14.6 Å². The predicted octanol–water partition coefficient (Wildman–Crippen LogP) is 1.37. The lowest BCUT2D eigenvalue weighted by Gasteiger charge is -2.56. The van der Waals surface area contributed by atoms with Crippen LogP contribution in [-0.4, -0.2) is 68.7 Å². The van der Waals surface area contributed by atoms with Gasteiger partial charge < -0.3 is 24.0 Å². The van der Waals surface area contributed by atoms with E-state index in [2.05, 4.69) is 33.7 Å². The molecule has 27 heavy (non-hydrogen) atoms. The number of hydrogen-bond acceptors (Lipinski definition) is 7. The van der Waals surface area contributed by atoms with Gasteiger partial charge in [-0.25, -0.2) is 15.0 Å². The van der Waals surface area contributed by atoms with Crippen molar-refractivity contribution in [3.05, 3.63) is 12.7 Å². The topological polar surface area (TPSA) is 85.5 Å². The Morgan fingerprint density at radius 1 is 1.26 bits per heavy atom. The number of rotatable bonds is 4. The van der Waals surface area contributed by atoms with Crippen molar-refractivity contribution in [1.29, 1.82) is 0 Å². The van der Waals surface area contributed by atoms with Gasteiger partial charge in [-0.3, -0.25) is 0 Å². The van der Waals surface area contributed by atoms with Crippen LogP contribution in [0.4, 0.5) is 5.82 Å². The maximum absolute atomic E-state index is 10.7. The van der Waals surface area contributed by atoms with E-state index in [0.717, 1.165) is 43.0 Å². The minimum Gasteiger partial charge on any atom is -0.386 e. The second kappa shape index (κ2) is 6.12. The Morgan fingerprint density at radius 3 is 2.85 bits per heavy atom. The number of ether oxygens (including phenoxy) is 2. The molecule has 0 aromatic carbocycles. The summed E-state index contributed by atoms with van der Waals surface area (Å²) in [7, 11) is 0. The van der Waals surface area contributed by atoms with Crippen molar-refractivity contribution in [2.45, 2.75) is 57.4 Å². The highest BCUT2D eigenvalue weighted by atomic mass is 16.5. The van der Waals surface area contributed by atoms with Crippen LogP contribution in [0.25, 0.3) is 11.2 Å². The van der Waals surface area contributed by atoms with Gasteiger partial charge in [-0.05, 0) is 12.8 Å². The minimum atomic E-state index is -0.849. The summed E-state index contributed by atoms with van der Waals surface area (Å²) in [6, 6.07) is 0.302. The summed E-state index contributed by atoms with van der Waals surface area (Å²) in [6.07, 6.45) is 6.46. The molecule has 0 bridgehead atoms. The summed E-state index contributed by atoms with van der Waals surface area (Å²) in [6.45, 7) is 7.74. The first-order chi connectivity index (χ1) is 13.0. The van der Waals surface area contributed by atoms with E-state index in [1.807, 2.05) is 4.57 Å². The lowest BCUT2D eigenvalue weighted by atomic mass is 9.71. The molecule has 0 saturated carbocycles. The van der Waals surface area contributed by atoms with E-state index in [0.29, 0.717) is 32.2 Å². The zero-order valence-electron chi connectivity index (χ0n) is 16.0. The van der Waals surface area contributed by atoms with Gasteiger partial charge in [0.1, 0.15) is 11.9 Å². The molecule has 3 aliphatic heterocycles. The predicted molar refractivity (Wildman–Crippen MR) is 99.6 cm³/mol. The van der Waals surface area contributed by atoms with E-state index in [1.165, 1.54) is 0 Å².